The van der Waals surface area contributed by atoms with Gasteiger partial charge in [0, 0.05) is 24.3 Å². The van der Waals surface area contributed by atoms with Gasteiger partial charge in [0.1, 0.15) is 0 Å². The van der Waals surface area contributed by atoms with Crippen LogP contribution in [0.25, 0.3) is 0 Å². The first-order chi connectivity index (χ1) is 8.08. The molecular formula is C12H13BrO4. The summed E-state index contributed by atoms with van der Waals surface area (Å²) in [6.07, 6.45) is -1.21. The van der Waals surface area contributed by atoms with Gasteiger partial charge in [-0.3, -0.25) is 9.59 Å². The number of methoxy groups -OCH3 is 2. The molecule has 0 unspecified atom stereocenters. The Bertz CT molecular complexity index is 413. The Morgan fingerprint density at radius 3 is 2.47 bits per heavy atom. The first-order valence-electron chi connectivity index (χ1n) is 4.95. The number of ketones is 2. The minimum Gasteiger partial charge on any atom is -0.349 e. The lowest BCUT2D eigenvalue weighted by atomic mass is 10.1. The molecule has 0 aliphatic carbocycles. The molecule has 1 aromatic carbocycles. The molecule has 0 atom stereocenters. The van der Waals surface area contributed by atoms with E-state index in [0.717, 1.165) is 4.47 Å². The lowest BCUT2D eigenvalue weighted by molar-refractivity contribution is -0.155. The van der Waals surface area contributed by atoms with E-state index in [-0.39, 0.29) is 18.0 Å². The number of hydrogen-bond donors (Lipinski definition) is 0. The van der Waals surface area contributed by atoms with Gasteiger partial charge in [-0.05, 0) is 12.1 Å². The van der Waals surface area contributed by atoms with E-state index in [1.165, 1.54) is 14.2 Å². The zero-order chi connectivity index (χ0) is 12.8. The molecule has 0 aliphatic rings. The third-order valence-corrected chi connectivity index (χ3v) is 2.67. The van der Waals surface area contributed by atoms with Crippen molar-refractivity contribution in [2.24, 2.45) is 0 Å². The van der Waals surface area contributed by atoms with Crippen LogP contribution in [0.1, 0.15) is 16.8 Å². The topological polar surface area (TPSA) is 52.6 Å². The van der Waals surface area contributed by atoms with E-state index >= 15 is 0 Å². The fourth-order valence-corrected chi connectivity index (χ4v) is 1.76. The molecule has 4 nitrogen and oxygen atoms in total. The Morgan fingerprint density at radius 2 is 1.94 bits per heavy atom. The van der Waals surface area contributed by atoms with E-state index in [0.29, 0.717) is 5.56 Å². The van der Waals surface area contributed by atoms with Crippen molar-refractivity contribution in [1.29, 1.82) is 0 Å². The van der Waals surface area contributed by atoms with E-state index in [2.05, 4.69) is 15.9 Å². The fraction of sp³-hybridized carbons (Fsp3) is 0.333. The Balaban J connectivity index is 2.70. The Hall–Kier alpha value is -1.04. The van der Waals surface area contributed by atoms with Crippen LogP contribution >= 0.6 is 15.9 Å². The van der Waals surface area contributed by atoms with Crippen LogP contribution in [0.3, 0.4) is 0 Å². The molecule has 1 rings (SSSR count). The lowest BCUT2D eigenvalue weighted by Gasteiger charge is -2.11. The van der Waals surface area contributed by atoms with Crippen molar-refractivity contribution >= 4 is 27.5 Å². The highest BCUT2D eigenvalue weighted by Gasteiger charge is 2.20. The molecular weight excluding hydrogens is 288 g/mol. The number of benzene rings is 1. The van der Waals surface area contributed by atoms with E-state index in [1.807, 2.05) is 6.07 Å². The monoisotopic (exact) mass is 300 g/mol. The van der Waals surface area contributed by atoms with Gasteiger partial charge in [0.05, 0.1) is 6.42 Å². The van der Waals surface area contributed by atoms with Gasteiger partial charge in [0.15, 0.2) is 11.6 Å². The molecule has 1 aromatic rings. The van der Waals surface area contributed by atoms with Gasteiger partial charge in [-0.15, -0.1) is 0 Å². The summed E-state index contributed by atoms with van der Waals surface area (Å²) in [5.41, 5.74) is 0.485. The largest absolute Gasteiger partial charge is 0.349 e. The maximum absolute atomic E-state index is 11.8. The number of carbonyl (C=O) groups excluding carboxylic acids is 2. The van der Waals surface area contributed by atoms with Crippen molar-refractivity contribution in [3.63, 3.8) is 0 Å². The molecule has 0 fully saturated rings. The number of rotatable bonds is 6. The van der Waals surface area contributed by atoms with Crippen LogP contribution in [0.15, 0.2) is 28.7 Å². The number of Topliss-reactive ketones (excluding diaryl/α,β-unsaturated/α-hetero) is 2. The van der Waals surface area contributed by atoms with Crippen molar-refractivity contribution < 1.29 is 19.1 Å². The smallest absolute Gasteiger partial charge is 0.217 e. The molecule has 92 valence electrons. The zero-order valence-corrected chi connectivity index (χ0v) is 11.2. The zero-order valence-electron chi connectivity index (χ0n) is 9.60. The number of carbonyl (C=O) groups is 2. The third-order valence-electron chi connectivity index (χ3n) is 2.17. The van der Waals surface area contributed by atoms with Crippen LogP contribution in [0.2, 0.25) is 0 Å². The van der Waals surface area contributed by atoms with Crippen molar-refractivity contribution in [2.75, 3.05) is 14.2 Å². The summed E-state index contributed by atoms with van der Waals surface area (Å²) in [6, 6.07) is 6.89. The van der Waals surface area contributed by atoms with Crippen LogP contribution < -0.4 is 0 Å². The fourth-order valence-electron chi connectivity index (χ4n) is 1.36. The predicted octanol–water partition coefficient (Wildman–Crippen LogP) is 2.21. The van der Waals surface area contributed by atoms with Crippen LogP contribution in [0, 0.1) is 0 Å². The minimum atomic E-state index is -0.980. The molecule has 0 spiro atoms. The van der Waals surface area contributed by atoms with Gasteiger partial charge >= 0.3 is 0 Å². The van der Waals surface area contributed by atoms with Crippen molar-refractivity contribution in [2.45, 2.75) is 12.7 Å². The van der Waals surface area contributed by atoms with E-state index in [4.69, 9.17) is 9.47 Å². The highest BCUT2D eigenvalue weighted by Crippen LogP contribution is 2.13. The number of ether oxygens (including phenoxy) is 2. The first-order valence-corrected chi connectivity index (χ1v) is 5.75. The van der Waals surface area contributed by atoms with Gasteiger partial charge in [0.2, 0.25) is 6.29 Å². The maximum atomic E-state index is 11.8. The highest BCUT2D eigenvalue weighted by molar-refractivity contribution is 9.10. The molecule has 0 amide bonds. The number of hydrogen-bond acceptors (Lipinski definition) is 4. The first kappa shape index (κ1) is 14.0. The van der Waals surface area contributed by atoms with Gasteiger partial charge < -0.3 is 9.47 Å². The van der Waals surface area contributed by atoms with Crippen molar-refractivity contribution in [3.8, 4) is 0 Å². The molecule has 0 aliphatic heterocycles. The van der Waals surface area contributed by atoms with Crippen LogP contribution in [0.4, 0.5) is 0 Å². The summed E-state index contributed by atoms with van der Waals surface area (Å²) < 4.78 is 10.4. The quantitative estimate of drug-likeness (QED) is 0.459. The molecule has 0 saturated carbocycles. The molecule has 0 radical (unpaired) electrons. The molecule has 0 heterocycles. The summed E-state index contributed by atoms with van der Waals surface area (Å²) in [6.45, 7) is 0. The van der Waals surface area contributed by atoms with Gasteiger partial charge in [-0.1, -0.05) is 28.1 Å². The summed E-state index contributed by atoms with van der Waals surface area (Å²) in [4.78, 5) is 23.4. The van der Waals surface area contributed by atoms with Crippen LogP contribution in [-0.2, 0) is 14.3 Å². The molecule has 0 saturated heterocycles. The van der Waals surface area contributed by atoms with E-state index in [9.17, 15) is 9.59 Å². The molecule has 0 bridgehead atoms. The van der Waals surface area contributed by atoms with E-state index in [1.54, 1.807) is 18.2 Å². The van der Waals surface area contributed by atoms with Crippen molar-refractivity contribution in [3.05, 3.63) is 34.3 Å². The van der Waals surface area contributed by atoms with Gasteiger partial charge in [-0.2, -0.15) is 0 Å². The standard InChI is InChI=1S/C12H13BrO4/c1-16-12(17-2)11(15)7-10(14)8-4-3-5-9(13)6-8/h3-6,12H,7H2,1-2H3. The summed E-state index contributed by atoms with van der Waals surface area (Å²) in [5.74, 6) is -0.643. The summed E-state index contributed by atoms with van der Waals surface area (Å²) >= 11 is 3.27. The van der Waals surface area contributed by atoms with E-state index < -0.39 is 6.29 Å². The second kappa shape index (κ2) is 6.64. The van der Waals surface area contributed by atoms with Crippen LogP contribution in [0.5, 0.6) is 0 Å². The molecule has 5 heteroatoms. The average Bonchev–Trinajstić information content (AvgIpc) is 2.30. The lowest BCUT2D eigenvalue weighted by Crippen LogP contribution is -2.27. The second-order valence-electron chi connectivity index (χ2n) is 3.38. The van der Waals surface area contributed by atoms with Crippen LogP contribution in [-0.4, -0.2) is 32.1 Å². The highest BCUT2D eigenvalue weighted by atomic mass is 79.9. The Labute approximate surface area is 108 Å². The maximum Gasteiger partial charge on any atom is 0.217 e. The SMILES string of the molecule is COC(OC)C(=O)CC(=O)c1cccc(Br)c1. The predicted molar refractivity (Wildman–Crippen MR) is 65.9 cm³/mol. The Kier molecular flexibility index (Phi) is 5.47. The number of halogens is 1. The van der Waals surface area contributed by atoms with Crippen molar-refractivity contribution in [1.82, 2.24) is 0 Å². The normalized spacial score (nSPS) is 10.6. The minimum absolute atomic E-state index is 0.233. The average molecular weight is 301 g/mol. The molecule has 17 heavy (non-hydrogen) atoms. The molecule has 0 aromatic heterocycles. The second-order valence-corrected chi connectivity index (χ2v) is 4.30. The summed E-state index contributed by atoms with van der Waals surface area (Å²) in [5, 5.41) is 0. The molecule has 0 N–H and O–H groups in total. The van der Waals surface area contributed by atoms with Gasteiger partial charge in [-0.25, -0.2) is 0 Å². The third kappa shape index (κ3) is 4.03. The van der Waals surface area contributed by atoms with Gasteiger partial charge in [0.25, 0.3) is 0 Å². The Morgan fingerprint density at radius 1 is 1.29 bits per heavy atom. The summed E-state index contributed by atoms with van der Waals surface area (Å²) in [7, 11) is 2.71.